The van der Waals surface area contributed by atoms with Crippen LogP contribution in [0, 0.1) is 5.92 Å². The van der Waals surface area contributed by atoms with Crippen LogP contribution in [0.15, 0.2) is 61.1 Å². The van der Waals surface area contributed by atoms with Crippen LogP contribution in [0.25, 0.3) is 11.0 Å². The van der Waals surface area contributed by atoms with Crippen molar-refractivity contribution in [3.63, 3.8) is 0 Å². The molecule has 1 saturated carbocycles. The first-order valence-corrected chi connectivity index (χ1v) is 10.8. The summed E-state index contributed by atoms with van der Waals surface area (Å²) in [4.78, 5) is 25.0. The van der Waals surface area contributed by atoms with Gasteiger partial charge >= 0.3 is 0 Å². The lowest BCUT2D eigenvalue weighted by molar-refractivity contribution is 0.104. The Kier molecular flexibility index (Phi) is 5.51. The second-order valence-corrected chi connectivity index (χ2v) is 8.30. The molecule has 0 spiro atoms. The molecule has 162 valence electrons. The van der Waals surface area contributed by atoms with Gasteiger partial charge in [-0.15, -0.1) is 0 Å². The van der Waals surface area contributed by atoms with Gasteiger partial charge in [0.2, 0.25) is 0 Å². The van der Waals surface area contributed by atoms with E-state index < -0.39 is 0 Å². The van der Waals surface area contributed by atoms with Crippen molar-refractivity contribution >= 4 is 34.2 Å². The van der Waals surface area contributed by atoms with Crippen LogP contribution in [0.4, 0.5) is 5.82 Å². The van der Waals surface area contributed by atoms with Crippen molar-refractivity contribution in [2.45, 2.75) is 18.9 Å². The smallest absolute Gasteiger partial charge is 0.196 e. The number of anilines is 1. The minimum Gasteiger partial charge on any atom is -0.457 e. The second-order valence-electron chi connectivity index (χ2n) is 7.90. The summed E-state index contributed by atoms with van der Waals surface area (Å²) in [6, 6.07) is 14.6. The number of rotatable bonds is 7. The Hall–Kier alpha value is -3.42. The largest absolute Gasteiger partial charge is 0.457 e. The van der Waals surface area contributed by atoms with E-state index in [1.807, 2.05) is 30.3 Å². The maximum atomic E-state index is 13.4. The van der Waals surface area contributed by atoms with E-state index in [2.05, 4.69) is 20.3 Å². The summed E-state index contributed by atoms with van der Waals surface area (Å²) < 4.78 is 5.80. The maximum Gasteiger partial charge on any atom is 0.196 e. The van der Waals surface area contributed by atoms with Gasteiger partial charge in [-0.25, -0.2) is 9.97 Å². The number of H-pyrrole nitrogens is 1. The van der Waals surface area contributed by atoms with Crippen molar-refractivity contribution in [3.05, 3.63) is 77.2 Å². The fourth-order valence-electron chi connectivity index (χ4n) is 3.96. The molecule has 0 atom stereocenters. The minimum atomic E-state index is -0.229. The zero-order chi connectivity index (χ0) is 22.1. The van der Waals surface area contributed by atoms with Crippen molar-refractivity contribution in [1.82, 2.24) is 15.0 Å². The number of halogens is 1. The quantitative estimate of drug-likeness (QED) is 0.350. The summed E-state index contributed by atoms with van der Waals surface area (Å²) in [5, 5.41) is 13.6. The van der Waals surface area contributed by atoms with Crippen LogP contribution in [-0.2, 0) is 0 Å². The summed E-state index contributed by atoms with van der Waals surface area (Å²) in [6.07, 6.45) is 4.82. The van der Waals surface area contributed by atoms with Crippen LogP contribution in [0.3, 0.4) is 0 Å². The number of para-hydroxylation sites is 1. The lowest BCUT2D eigenvalue weighted by atomic mass is 9.81. The van der Waals surface area contributed by atoms with Gasteiger partial charge in [-0.2, -0.15) is 0 Å². The monoisotopic (exact) mass is 448 g/mol. The Morgan fingerprint density at radius 2 is 1.94 bits per heavy atom. The van der Waals surface area contributed by atoms with Crippen LogP contribution in [0.2, 0.25) is 5.02 Å². The van der Waals surface area contributed by atoms with Gasteiger partial charge in [0.1, 0.15) is 29.3 Å². The first kappa shape index (κ1) is 20.5. The molecule has 0 saturated heterocycles. The molecule has 2 heterocycles. The first-order chi connectivity index (χ1) is 15.6. The first-order valence-electron chi connectivity index (χ1n) is 10.4. The average Bonchev–Trinajstić information content (AvgIpc) is 3.21. The third-order valence-corrected chi connectivity index (χ3v) is 6.03. The number of nitrogens with one attached hydrogen (secondary N) is 2. The lowest BCUT2D eigenvalue weighted by Crippen LogP contribution is -2.37. The molecular weight excluding hydrogens is 428 g/mol. The molecule has 3 N–H and O–H groups in total. The van der Waals surface area contributed by atoms with Gasteiger partial charge in [0, 0.05) is 30.5 Å². The molecule has 0 aliphatic heterocycles. The van der Waals surface area contributed by atoms with E-state index in [1.54, 1.807) is 24.4 Å². The van der Waals surface area contributed by atoms with Gasteiger partial charge < -0.3 is 20.1 Å². The van der Waals surface area contributed by atoms with Crippen LogP contribution >= 0.6 is 11.6 Å². The van der Waals surface area contributed by atoms with E-state index in [1.165, 1.54) is 6.33 Å². The zero-order valence-corrected chi connectivity index (χ0v) is 17.8. The SMILES string of the molecule is O=C(c1ccc(Oc2ccccc2)cc1Cl)c1c[nH]c2ncnc(N[C@H]3C[C@H](CO)C3)c12. The summed E-state index contributed by atoms with van der Waals surface area (Å²) in [5.41, 5.74) is 1.38. The van der Waals surface area contributed by atoms with Gasteiger partial charge in [0.05, 0.1) is 16.0 Å². The number of benzene rings is 2. The number of hydrogen-bond acceptors (Lipinski definition) is 6. The van der Waals surface area contributed by atoms with Crippen LogP contribution < -0.4 is 10.1 Å². The summed E-state index contributed by atoms with van der Waals surface area (Å²) >= 11 is 6.46. The van der Waals surface area contributed by atoms with Crippen LogP contribution in [0.1, 0.15) is 28.8 Å². The van der Waals surface area contributed by atoms with Crippen molar-refractivity contribution in [3.8, 4) is 11.5 Å². The molecule has 4 aromatic rings. The minimum absolute atomic E-state index is 0.188. The lowest BCUT2D eigenvalue weighted by Gasteiger charge is -2.35. The molecule has 1 fully saturated rings. The van der Waals surface area contributed by atoms with Gasteiger partial charge in [0.15, 0.2) is 5.78 Å². The standard InChI is InChI=1S/C24H21ClN4O3/c25-20-10-17(32-16-4-2-1-3-5-16)6-7-18(20)22(31)19-11-26-23-21(19)24(28-13-27-23)29-15-8-14(9-15)12-30/h1-7,10-11,13-15,30H,8-9,12H2,(H2,26,27,28,29)/t14-,15-. The molecule has 2 aromatic carbocycles. The fourth-order valence-corrected chi connectivity index (χ4v) is 4.22. The molecule has 2 aromatic heterocycles. The summed E-state index contributed by atoms with van der Waals surface area (Å²) in [7, 11) is 0. The number of hydrogen-bond donors (Lipinski definition) is 3. The molecule has 32 heavy (non-hydrogen) atoms. The molecule has 5 rings (SSSR count). The summed E-state index contributed by atoms with van der Waals surface area (Å²) in [6.45, 7) is 0.188. The highest BCUT2D eigenvalue weighted by atomic mass is 35.5. The fraction of sp³-hybridized carbons (Fsp3) is 0.208. The topological polar surface area (TPSA) is 100 Å². The van der Waals surface area contributed by atoms with Crippen molar-refractivity contribution in [2.24, 2.45) is 5.92 Å². The highest BCUT2D eigenvalue weighted by Crippen LogP contribution is 2.34. The Bertz CT molecular complexity index is 1270. The van der Waals surface area contributed by atoms with E-state index >= 15 is 0 Å². The molecule has 0 bridgehead atoms. The highest BCUT2D eigenvalue weighted by Gasteiger charge is 2.30. The number of aliphatic hydroxyl groups excluding tert-OH is 1. The summed E-state index contributed by atoms with van der Waals surface area (Å²) in [5.74, 6) is 1.92. The Morgan fingerprint density at radius 3 is 2.69 bits per heavy atom. The number of aromatic nitrogens is 3. The van der Waals surface area contributed by atoms with Gasteiger partial charge in [-0.1, -0.05) is 29.8 Å². The van der Waals surface area contributed by atoms with Gasteiger partial charge in [-0.05, 0) is 43.0 Å². The third-order valence-electron chi connectivity index (χ3n) is 5.71. The van der Waals surface area contributed by atoms with E-state index in [-0.39, 0.29) is 18.4 Å². The number of carbonyl (C=O) groups excluding carboxylic acids is 1. The number of aromatic amines is 1. The van der Waals surface area contributed by atoms with E-state index in [0.717, 1.165) is 12.8 Å². The molecular formula is C24H21ClN4O3. The average molecular weight is 449 g/mol. The van der Waals surface area contributed by atoms with E-state index in [4.69, 9.17) is 16.3 Å². The molecule has 8 heteroatoms. The normalized spacial score (nSPS) is 17.7. The van der Waals surface area contributed by atoms with Crippen LogP contribution in [-0.4, -0.2) is 38.5 Å². The number of fused-ring (bicyclic) bond motifs is 1. The Morgan fingerprint density at radius 1 is 1.12 bits per heavy atom. The molecule has 7 nitrogen and oxygen atoms in total. The number of nitrogens with zero attached hydrogens (tertiary/aromatic N) is 2. The van der Waals surface area contributed by atoms with E-state index in [0.29, 0.717) is 50.4 Å². The van der Waals surface area contributed by atoms with Crippen molar-refractivity contribution in [2.75, 3.05) is 11.9 Å². The van der Waals surface area contributed by atoms with Gasteiger partial charge in [-0.3, -0.25) is 4.79 Å². The molecule has 1 aliphatic rings. The Labute approximate surface area is 189 Å². The van der Waals surface area contributed by atoms with E-state index in [9.17, 15) is 9.90 Å². The Balaban J connectivity index is 1.42. The maximum absolute atomic E-state index is 13.4. The predicted molar refractivity (Wildman–Crippen MR) is 123 cm³/mol. The number of ether oxygens (including phenoxy) is 1. The third kappa shape index (κ3) is 3.92. The highest BCUT2D eigenvalue weighted by molar-refractivity contribution is 6.35. The predicted octanol–water partition coefficient (Wildman–Crippen LogP) is 4.82. The molecule has 0 radical (unpaired) electrons. The van der Waals surface area contributed by atoms with Crippen molar-refractivity contribution < 1.29 is 14.6 Å². The molecule has 1 aliphatic carbocycles. The number of ketones is 1. The second kappa shape index (κ2) is 8.61. The van der Waals surface area contributed by atoms with Crippen LogP contribution in [0.5, 0.6) is 11.5 Å². The molecule has 0 unspecified atom stereocenters. The van der Waals surface area contributed by atoms with Crippen molar-refractivity contribution in [1.29, 1.82) is 0 Å². The van der Waals surface area contributed by atoms with Gasteiger partial charge in [0.25, 0.3) is 0 Å². The number of carbonyl (C=O) groups is 1. The number of aliphatic hydroxyl groups is 1. The molecule has 0 amide bonds. The zero-order valence-electron chi connectivity index (χ0n) is 17.1.